The van der Waals surface area contributed by atoms with Crippen molar-refractivity contribution in [3.8, 4) is 0 Å². The van der Waals surface area contributed by atoms with E-state index in [9.17, 15) is 18.0 Å². The minimum atomic E-state index is -3.69. The number of carbonyl (C=O) groups is 2. The van der Waals surface area contributed by atoms with Gasteiger partial charge in [0.2, 0.25) is 10.0 Å². The quantitative estimate of drug-likeness (QED) is 0.722. The molecule has 1 aromatic heterocycles. The van der Waals surface area contributed by atoms with Gasteiger partial charge < -0.3 is 14.7 Å². The number of hydrogen-bond donors (Lipinski definition) is 1. The molecule has 1 aliphatic rings. The molecule has 0 aromatic carbocycles. The number of carboxylic acids is 1. The first kappa shape index (κ1) is 19.8. The summed E-state index contributed by atoms with van der Waals surface area (Å²) in [5.41, 5.74) is 0.397. The van der Waals surface area contributed by atoms with Gasteiger partial charge in [0.15, 0.2) is 0 Å². The normalized spacial score (nSPS) is 18.6. The van der Waals surface area contributed by atoms with Crippen LogP contribution in [0.25, 0.3) is 0 Å². The van der Waals surface area contributed by atoms with Crippen molar-refractivity contribution in [1.29, 1.82) is 0 Å². The Balaban J connectivity index is 2.08. The Morgan fingerprint density at radius 3 is 2.64 bits per heavy atom. The van der Waals surface area contributed by atoms with Gasteiger partial charge in [0.25, 0.3) is 5.91 Å². The minimum Gasteiger partial charge on any atom is -0.480 e. The van der Waals surface area contributed by atoms with Crippen molar-refractivity contribution in [3.63, 3.8) is 0 Å². The van der Waals surface area contributed by atoms with Crippen LogP contribution in [-0.4, -0.2) is 84.7 Å². The Morgan fingerprint density at radius 2 is 2.12 bits per heavy atom. The molecule has 1 amide bonds. The molecular formula is C14H21N3O6S2. The highest BCUT2D eigenvalue weighted by Crippen LogP contribution is 2.19. The summed E-state index contributed by atoms with van der Waals surface area (Å²) >= 11 is 1.44. The second-order valence-corrected chi connectivity index (χ2v) is 9.22. The summed E-state index contributed by atoms with van der Waals surface area (Å²) in [5, 5.41) is 9.68. The van der Waals surface area contributed by atoms with Crippen molar-refractivity contribution in [3.05, 3.63) is 15.6 Å². The largest absolute Gasteiger partial charge is 0.480 e. The van der Waals surface area contributed by atoms with Gasteiger partial charge in [-0.05, 0) is 13.8 Å². The third kappa shape index (κ3) is 5.21. The maximum Gasteiger partial charge on any atom is 0.318 e. The lowest BCUT2D eigenvalue weighted by Crippen LogP contribution is -2.51. The number of hydrogen-bond acceptors (Lipinski definition) is 7. The summed E-state index contributed by atoms with van der Waals surface area (Å²) in [6.07, 6.45) is 0.357. The zero-order valence-electron chi connectivity index (χ0n) is 14.3. The van der Waals surface area contributed by atoms with Gasteiger partial charge >= 0.3 is 5.97 Å². The number of rotatable bonds is 6. The molecule has 1 atom stereocenters. The number of thiazole rings is 1. The Hall–Kier alpha value is -1.56. The maximum absolute atomic E-state index is 12.6. The molecule has 1 aromatic rings. The number of carboxylic acid groups (broad SMARTS) is 1. The summed E-state index contributed by atoms with van der Waals surface area (Å²) in [7, 11) is -3.69. The van der Waals surface area contributed by atoms with Crippen LogP contribution < -0.4 is 0 Å². The van der Waals surface area contributed by atoms with E-state index in [1.165, 1.54) is 11.3 Å². The van der Waals surface area contributed by atoms with Crippen LogP contribution in [0.4, 0.5) is 0 Å². The predicted octanol–water partition coefficient (Wildman–Crippen LogP) is -0.0529. The number of aromatic nitrogens is 1. The average molecular weight is 391 g/mol. The van der Waals surface area contributed by atoms with Crippen LogP contribution in [0.1, 0.15) is 20.4 Å². The van der Waals surface area contributed by atoms with E-state index in [4.69, 9.17) is 9.84 Å². The first-order chi connectivity index (χ1) is 11.6. The number of aliphatic carboxylic acids is 1. The van der Waals surface area contributed by atoms with E-state index in [0.29, 0.717) is 12.2 Å². The van der Waals surface area contributed by atoms with E-state index in [2.05, 4.69) is 4.98 Å². The van der Waals surface area contributed by atoms with Gasteiger partial charge in [0.05, 0.1) is 24.0 Å². The molecule has 11 heteroatoms. The highest BCUT2D eigenvalue weighted by Gasteiger charge is 2.31. The molecule has 0 spiro atoms. The molecule has 1 saturated heterocycles. The monoisotopic (exact) mass is 391 g/mol. The topological polar surface area (TPSA) is 117 Å². The zero-order valence-corrected chi connectivity index (χ0v) is 15.9. The molecule has 140 valence electrons. The molecule has 0 radical (unpaired) electrons. The molecule has 1 aliphatic heterocycles. The molecule has 2 heterocycles. The van der Waals surface area contributed by atoms with Gasteiger partial charge in [-0.15, -0.1) is 11.3 Å². The molecule has 25 heavy (non-hydrogen) atoms. The van der Waals surface area contributed by atoms with Crippen molar-refractivity contribution in [2.45, 2.75) is 20.0 Å². The minimum absolute atomic E-state index is 0.121. The van der Waals surface area contributed by atoms with Crippen LogP contribution in [0, 0.1) is 13.8 Å². The van der Waals surface area contributed by atoms with Crippen LogP contribution in [0.2, 0.25) is 0 Å². The van der Waals surface area contributed by atoms with Crippen LogP contribution in [0.3, 0.4) is 0 Å². The lowest BCUT2D eigenvalue weighted by molar-refractivity contribution is -0.137. The molecule has 0 aliphatic carbocycles. The molecular weight excluding hydrogens is 370 g/mol. The summed E-state index contributed by atoms with van der Waals surface area (Å²) in [6.45, 7) is 3.70. The van der Waals surface area contributed by atoms with E-state index in [-0.39, 0.29) is 25.6 Å². The summed E-state index contributed by atoms with van der Waals surface area (Å²) < 4.78 is 29.9. The van der Waals surface area contributed by atoms with Gasteiger partial charge in [-0.1, -0.05) is 0 Å². The first-order valence-electron chi connectivity index (χ1n) is 7.59. The molecule has 9 nitrogen and oxygen atoms in total. The maximum atomic E-state index is 12.6. The number of nitrogens with zero attached hydrogens (tertiary/aromatic N) is 3. The van der Waals surface area contributed by atoms with Crippen molar-refractivity contribution >= 4 is 33.2 Å². The SMILES string of the molecule is Cc1nc(C(=O)N2CCOC(CN(CC(=O)O)S(C)(=O)=O)C2)c(C)s1. The Morgan fingerprint density at radius 1 is 1.44 bits per heavy atom. The highest BCUT2D eigenvalue weighted by atomic mass is 32.2. The number of sulfonamides is 1. The highest BCUT2D eigenvalue weighted by molar-refractivity contribution is 7.88. The van der Waals surface area contributed by atoms with E-state index < -0.39 is 28.6 Å². The Kier molecular flexibility index (Phi) is 6.14. The number of carbonyl (C=O) groups excluding carboxylic acids is 1. The molecule has 1 unspecified atom stereocenters. The van der Waals surface area contributed by atoms with Crippen molar-refractivity contribution in [2.75, 3.05) is 39.0 Å². The molecule has 0 bridgehead atoms. The molecule has 1 fully saturated rings. The van der Waals surface area contributed by atoms with Gasteiger partial charge in [0.1, 0.15) is 12.2 Å². The third-order valence-electron chi connectivity index (χ3n) is 3.72. The smallest absolute Gasteiger partial charge is 0.318 e. The predicted molar refractivity (Wildman–Crippen MR) is 91.3 cm³/mol. The van der Waals surface area contributed by atoms with Crippen LogP contribution in [-0.2, 0) is 19.6 Å². The Labute approximate surface area is 150 Å². The lowest BCUT2D eigenvalue weighted by atomic mass is 10.2. The second-order valence-electron chi connectivity index (χ2n) is 5.83. The van der Waals surface area contributed by atoms with Gasteiger partial charge in [-0.3, -0.25) is 9.59 Å². The number of aryl methyl sites for hydroxylation is 2. The fourth-order valence-electron chi connectivity index (χ4n) is 2.59. The van der Waals surface area contributed by atoms with Gasteiger partial charge in [-0.2, -0.15) is 4.31 Å². The molecule has 2 rings (SSSR count). The fraction of sp³-hybridized carbons (Fsp3) is 0.643. The Bertz CT molecular complexity index is 761. The first-order valence-corrected chi connectivity index (χ1v) is 10.3. The van der Waals surface area contributed by atoms with Gasteiger partial charge in [-0.25, -0.2) is 13.4 Å². The van der Waals surface area contributed by atoms with Crippen LogP contribution in [0.5, 0.6) is 0 Å². The average Bonchev–Trinajstić information content (AvgIpc) is 2.83. The number of ether oxygens (including phenoxy) is 1. The summed E-state index contributed by atoms with van der Waals surface area (Å²) in [5.74, 6) is -1.47. The summed E-state index contributed by atoms with van der Waals surface area (Å²) in [4.78, 5) is 30.2. The standard InChI is InChI=1S/C14H21N3O6S2/c1-9-13(15-10(2)24-9)14(20)16-4-5-23-11(6-16)7-17(8-12(18)19)25(3,21)22/h11H,4-8H2,1-3H3,(H,18,19). The fourth-order valence-corrected chi connectivity index (χ4v) is 4.18. The van der Waals surface area contributed by atoms with Crippen LogP contribution >= 0.6 is 11.3 Å². The number of amides is 1. The van der Waals surface area contributed by atoms with Crippen molar-refractivity contribution in [1.82, 2.24) is 14.2 Å². The third-order valence-corrected chi connectivity index (χ3v) is 5.82. The van der Waals surface area contributed by atoms with E-state index in [0.717, 1.165) is 20.4 Å². The number of morpholine rings is 1. The second kappa shape index (κ2) is 7.77. The molecule has 1 N–H and O–H groups in total. The van der Waals surface area contributed by atoms with E-state index in [1.54, 1.807) is 4.90 Å². The zero-order chi connectivity index (χ0) is 18.8. The van der Waals surface area contributed by atoms with Crippen LogP contribution in [0.15, 0.2) is 0 Å². The van der Waals surface area contributed by atoms with E-state index >= 15 is 0 Å². The summed E-state index contributed by atoms with van der Waals surface area (Å²) in [6, 6.07) is 0. The van der Waals surface area contributed by atoms with Crippen molar-refractivity contribution < 1.29 is 27.9 Å². The lowest BCUT2D eigenvalue weighted by Gasteiger charge is -2.34. The van der Waals surface area contributed by atoms with Crippen molar-refractivity contribution in [2.24, 2.45) is 0 Å². The van der Waals surface area contributed by atoms with Gasteiger partial charge in [0, 0.05) is 24.5 Å². The molecule has 0 saturated carbocycles. The van der Waals surface area contributed by atoms with E-state index in [1.807, 2.05) is 13.8 Å².